The molecule has 0 saturated carbocycles. The zero-order valence-corrected chi connectivity index (χ0v) is 9.83. The van der Waals surface area contributed by atoms with Gasteiger partial charge in [0.15, 0.2) is 5.60 Å². The molecular weight excluding hydrogens is 251 g/mol. The summed E-state index contributed by atoms with van der Waals surface area (Å²) in [6.07, 6.45) is -4.89. The van der Waals surface area contributed by atoms with Crippen molar-refractivity contribution in [1.29, 1.82) is 0 Å². The summed E-state index contributed by atoms with van der Waals surface area (Å²) in [6.45, 7) is 1.69. The van der Waals surface area contributed by atoms with Crippen LogP contribution in [0.4, 0.5) is 18.0 Å². The van der Waals surface area contributed by atoms with E-state index in [1.807, 2.05) is 0 Å². The molecule has 0 radical (unpaired) electrons. The summed E-state index contributed by atoms with van der Waals surface area (Å²) >= 11 is 0. The second-order valence-corrected chi connectivity index (χ2v) is 4.77. The Bertz CT molecular complexity index is 337. The van der Waals surface area contributed by atoms with Crippen LogP contribution in [0.3, 0.4) is 0 Å². The van der Waals surface area contributed by atoms with Crippen molar-refractivity contribution in [2.45, 2.75) is 18.2 Å². The second-order valence-electron chi connectivity index (χ2n) is 4.77. The normalized spacial score (nSPS) is 30.0. The van der Waals surface area contributed by atoms with Crippen molar-refractivity contribution in [2.75, 3.05) is 39.3 Å². The lowest BCUT2D eigenvalue weighted by atomic mass is 10.0. The third-order valence-electron chi connectivity index (χ3n) is 3.49. The number of likely N-dealkylation sites (tertiary alicyclic amines) is 1. The van der Waals surface area contributed by atoms with E-state index in [0.717, 1.165) is 0 Å². The van der Waals surface area contributed by atoms with E-state index in [2.05, 4.69) is 5.32 Å². The number of nitrogens with one attached hydrogen (secondary N) is 1. The van der Waals surface area contributed by atoms with Gasteiger partial charge in [0.25, 0.3) is 0 Å². The van der Waals surface area contributed by atoms with Gasteiger partial charge in [-0.05, 0) is 6.42 Å². The van der Waals surface area contributed by atoms with Crippen LogP contribution in [0.15, 0.2) is 0 Å². The lowest BCUT2D eigenvalue weighted by Gasteiger charge is -2.26. The molecule has 1 atom stereocenters. The molecule has 2 aliphatic heterocycles. The Kier molecular flexibility index (Phi) is 3.41. The van der Waals surface area contributed by atoms with E-state index in [9.17, 15) is 23.1 Å². The van der Waals surface area contributed by atoms with Crippen molar-refractivity contribution in [3.05, 3.63) is 0 Å². The van der Waals surface area contributed by atoms with Gasteiger partial charge in [0, 0.05) is 39.3 Å². The molecule has 2 rings (SSSR count). The minimum absolute atomic E-state index is 0.180. The van der Waals surface area contributed by atoms with Crippen molar-refractivity contribution in [1.82, 2.24) is 15.1 Å². The van der Waals surface area contributed by atoms with Gasteiger partial charge >= 0.3 is 12.2 Å². The Morgan fingerprint density at radius 3 is 2.56 bits per heavy atom. The Morgan fingerprint density at radius 2 is 2.06 bits per heavy atom. The van der Waals surface area contributed by atoms with Crippen molar-refractivity contribution in [3.63, 3.8) is 0 Å². The second kappa shape index (κ2) is 4.58. The first-order chi connectivity index (χ1) is 8.32. The van der Waals surface area contributed by atoms with Gasteiger partial charge in [0.1, 0.15) is 0 Å². The summed E-state index contributed by atoms with van der Waals surface area (Å²) in [5.41, 5.74) is -2.60. The van der Waals surface area contributed by atoms with Gasteiger partial charge in [-0.15, -0.1) is 0 Å². The zero-order valence-electron chi connectivity index (χ0n) is 9.83. The molecule has 2 aliphatic rings. The highest BCUT2D eigenvalue weighted by molar-refractivity contribution is 5.76. The summed E-state index contributed by atoms with van der Waals surface area (Å²) in [4.78, 5) is 14.3. The number of amides is 2. The van der Waals surface area contributed by atoms with Crippen LogP contribution >= 0.6 is 0 Å². The molecule has 18 heavy (non-hydrogen) atoms. The SMILES string of the molecule is O=C1NCCN1CCN1CCC(O)(C(F)(F)F)C1. The molecule has 0 bridgehead atoms. The van der Waals surface area contributed by atoms with Crippen LogP contribution in [0, 0.1) is 0 Å². The van der Waals surface area contributed by atoms with Gasteiger partial charge in [-0.2, -0.15) is 13.2 Å². The maximum atomic E-state index is 12.6. The summed E-state index contributed by atoms with van der Waals surface area (Å²) in [7, 11) is 0. The first-order valence-electron chi connectivity index (χ1n) is 5.86. The molecule has 5 nitrogen and oxygen atoms in total. The monoisotopic (exact) mass is 267 g/mol. The number of hydrogen-bond acceptors (Lipinski definition) is 3. The van der Waals surface area contributed by atoms with Crippen LogP contribution in [0.25, 0.3) is 0 Å². The molecule has 0 spiro atoms. The Morgan fingerprint density at radius 1 is 1.33 bits per heavy atom. The lowest BCUT2D eigenvalue weighted by Crippen LogP contribution is -2.48. The van der Waals surface area contributed by atoms with E-state index < -0.39 is 18.3 Å². The van der Waals surface area contributed by atoms with Crippen LogP contribution in [0.1, 0.15) is 6.42 Å². The molecule has 0 aromatic heterocycles. The average molecular weight is 267 g/mol. The summed E-state index contributed by atoms with van der Waals surface area (Å²) in [6, 6.07) is -0.180. The first-order valence-corrected chi connectivity index (χ1v) is 5.86. The summed E-state index contributed by atoms with van der Waals surface area (Å²) < 4.78 is 37.7. The zero-order chi connectivity index (χ0) is 13.4. The highest BCUT2D eigenvalue weighted by Gasteiger charge is 2.56. The van der Waals surface area contributed by atoms with E-state index in [1.54, 1.807) is 9.80 Å². The molecule has 2 saturated heterocycles. The van der Waals surface area contributed by atoms with E-state index in [1.165, 1.54) is 0 Å². The number of rotatable bonds is 3. The summed E-state index contributed by atoms with van der Waals surface area (Å²) in [5, 5.41) is 12.1. The fraction of sp³-hybridized carbons (Fsp3) is 0.900. The molecule has 2 fully saturated rings. The van der Waals surface area contributed by atoms with E-state index in [4.69, 9.17) is 0 Å². The van der Waals surface area contributed by atoms with Crippen molar-refractivity contribution >= 4 is 6.03 Å². The summed E-state index contributed by atoms with van der Waals surface area (Å²) in [5.74, 6) is 0. The molecule has 0 aromatic rings. The number of halogens is 3. The number of hydrogen-bond donors (Lipinski definition) is 2. The van der Waals surface area contributed by atoms with E-state index in [0.29, 0.717) is 26.2 Å². The van der Waals surface area contributed by atoms with E-state index >= 15 is 0 Å². The predicted octanol–water partition coefficient (Wildman–Crippen LogP) is 0.0107. The van der Waals surface area contributed by atoms with Crippen molar-refractivity contribution < 1.29 is 23.1 Å². The maximum Gasteiger partial charge on any atom is 0.418 e. The topological polar surface area (TPSA) is 55.8 Å². The largest absolute Gasteiger partial charge is 0.418 e. The Hall–Kier alpha value is -1.02. The quantitative estimate of drug-likeness (QED) is 0.757. The van der Waals surface area contributed by atoms with Crippen LogP contribution in [-0.2, 0) is 0 Å². The van der Waals surface area contributed by atoms with E-state index in [-0.39, 0.29) is 19.0 Å². The lowest BCUT2D eigenvalue weighted by molar-refractivity contribution is -0.253. The van der Waals surface area contributed by atoms with Gasteiger partial charge in [-0.1, -0.05) is 0 Å². The molecular formula is C10H16F3N3O2. The van der Waals surface area contributed by atoms with Gasteiger partial charge in [0.2, 0.25) is 0 Å². The fourth-order valence-electron chi connectivity index (χ4n) is 2.28. The number of urea groups is 1. The average Bonchev–Trinajstić information content (AvgIpc) is 2.82. The van der Waals surface area contributed by atoms with Crippen LogP contribution < -0.4 is 5.32 Å². The molecule has 8 heteroatoms. The van der Waals surface area contributed by atoms with Gasteiger partial charge < -0.3 is 15.3 Å². The van der Waals surface area contributed by atoms with Crippen LogP contribution in [0.2, 0.25) is 0 Å². The number of alkyl halides is 3. The van der Waals surface area contributed by atoms with Crippen molar-refractivity contribution in [2.24, 2.45) is 0 Å². The fourth-order valence-corrected chi connectivity index (χ4v) is 2.28. The molecule has 2 N–H and O–H groups in total. The number of carbonyl (C=O) groups is 1. The number of aliphatic hydroxyl groups is 1. The number of carbonyl (C=O) groups excluding carboxylic acids is 1. The Balaban J connectivity index is 1.81. The van der Waals surface area contributed by atoms with Gasteiger partial charge in [-0.3, -0.25) is 4.90 Å². The van der Waals surface area contributed by atoms with Crippen LogP contribution in [-0.4, -0.2) is 72.0 Å². The molecule has 2 heterocycles. The Labute approximate surface area is 103 Å². The highest BCUT2D eigenvalue weighted by Crippen LogP contribution is 2.37. The highest BCUT2D eigenvalue weighted by atomic mass is 19.4. The van der Waals surface area contributed by atoms with Gasteiger partial charge in [-0.25, -0.2) is 4.79 Å². The standard InChI is InChI=1S/C10H16F3N3O2/c11-10(12,13)9(18)1-3-15(7-9)5-6-16-4-2-14-8(16)17/h18H,1-7H2,(H,14,17). The third kappa shape index (κ3) is 2.54. The van der Waals surface area contributed by atoms with Crippen molar-refractivity contribution in [3.8, 4) is 0 Å². The predicted molar refractivity (Wildman–Crippen MR) is 57.0 cm³/mol. The number of β-amino-alcohol motifs (C(OH)–C–C–N with tert-alkyl or cyclic N) is 1. The molecule has 2 amide bonds. The third-order valence-corrected chi connectivity index (χ3v) is 3.49. The minimum Gasteiger partial charge on any atom is -0.379 e. The number of nitrogens with zero attached hydrogens (tertiary/aromatic N) is 2. The molecule has 0 aliphatic carbocycles. The molecule has 104 valence electrons. The molecule has 1 unspecified atom stereocenters. The first kappa shape index (κ1) is 13.4. The van der Waals surface area contributed by atoms with Crippen LogP contribution in [0.5, 0.6) is 0 Å². The maximum absolute atomic E-state index is 12.6. The van der Waals surface area contributed by atoms with Gasteiger partial charge in [0.05, 0.1) is 0 Å². The minimum atomic E-state index is -4.59. The molecule has 0 aromatic carbocycles. The smallest absolute Gasteiger partial charge is 0.379 e.